The maximum atomic E-state index is 5.67. The fraction of sp³-hybridized carbons (Fsp3) is 0.429. The Kier molecular flexibility index (Phi) is 4.65. The van der Waals surface area contributed by atoms with Crippen molar-refractivity contribution in [1.29, 1.82) is 0 Å². The Labute approximate surface area is 113 Å². The van der Waals surface area contributed by atoms with Gasteiger partial charge in [-0.25, -0.2) is 4.98 Å². The molecule has 0 aliphatic carbocycles. The van der Waals surface area contributed by atoms with Gasteiger partial charge in [0, 0.05) is 31.6 Å². The Balaban J connectivity index is 2.17. The lowest BCUT2D eigenvalue weighted by atomic mass is 10.1. The smallest absolute Gasteiger partial charge is 0.110 e. The van der Waals surface area contributed by atoms with Crippen molar-refractivity contribution in [3.05, 3.63) is 47.8 Å². The lowest BCUT2D eigenvalue weighted by molar-refractivity contribution is 0.506. The molecule has 1 atom stereocenters. The minimum absolute atomic E-state index is 0.0158. The monoisotopic (exact) mass is 259 g/mol. The van der Waals surface area contributed by atoms with E-state index in [0.29, 0.717) is 0 Å². The van der Waals surface area contributed by atoms with Crippen molar-refractivity contribution in [2.24, 2.45) is 5.84 Å². The van der Waals surface area contributed by atoms with Crippen molar-refractivity contribution in [2.75, 3.05) is 0 Å². The van der Waals surface area contributed by atoms with Crippen LogP contribution in [0.1, 0.15) is 36.5 Å². The first-order valence-corrected chi connectivity index (χ1v) is 6.63. The van der Waals surface area contributed by atoms with E-state index in [9.17, 15) is 0 Å². The Morgan fingerprint density at radius 1 is 1.37 bits per heavy atom. The molecule has 0 aliphatic heterocycles. The standard InChI is InChI=1S/C14H21N5/c1-3-7-19-8-6-17-14(19)10-13(18-15)12-9-11(2)4-5-16-12/h4-6,8-9,13,18H,3,7,10,15H2,1-2H3. The molecule has 2 aromatic heterocycles. The van der Waals surface area contributed by atoms with E-state index in [0.717, 1.165) is 30.9 Å². The fourth-order valence-corrected chi connectivity index (χ4v) is 2.16. The molecular weight excluding hydrogens is 238 g/mol. The van der Waals surface area contributed by atoms with Crippen molar-refractivity contribution in [3.63, 3.8) is 0 Å². The van der Waals surface area contributed by atoms with Crippen molar-refractivity contribution in [1.82, 2.24) is 20.0 Å². The topological polar surface area (TPSA) is 68.8 Å². The summed E-state index contributed by atoms with van der Waals surface area (Å²) in [7, 11) is 0. The number of aromatic nitrogens is 3. The van der Waals surface area contributed by atoms with Crippen LogP contribution in [0.3, 0.4) is 0 Å². The molecule has 5 nitrogen and oxygen atoms in total. The van der Waals surface area contributed by atoms with Crippen LogP contribution >= 0.6 is 0 Å². The van der Waals surface area contributed by atoms with Gasteiger partial charge in [0.1, 0.15) is 5.82 Å². The van der Waals surface area contributed by atoms with Crippen LogP contribution in [0.5, 0.6) is 0 Å². The van der Waals surface area contributed by atoms with E-state index in [4.69, 9.17) is 5.84 Å². The lowest BCUT2D eigenvalue weighted by Crippen LogP contribution is -2.31. The summed E-state index contributed by atoms with van der Waals surface area (Å²) in [6, 6.07) is 4.02. The molecule has 2 rings (SSSR count). The lowest BCUT2D eigenvalue weighted by Gasteiger charge is -2.16. The van der Waals surface area contributed by atoms with Crippen LogP contribution in [-0.4, -0.2) is 14.5 Å². The molecule has 0 spiro atoms. The third-order valence-electron chi connectivity index (χ3n) is 3.15. The molecule has 0 saturated carbocycles. The molecule has 5 heteroatoms. The maximum Gasteiger partial charge on any atom is 0.110 e. The summed E-state index contributed by atoms with van der Waals surface area (Å²) in [5, 5.41) is 0. The number of nitrogens with two attached hydrogens (primary N) is 1. The first-order chi connectivity index (χ1) is 9.24. The van der Waals surface area contributed by atoms with Gasteiger partial charge in [-0.1, -0.05) is 6.92 Å². The van der Waals surface area contributed by atoms with E-state index in [1.54, 1.807) is 0 Å². The molecule has 0 saturated heterocycles. The van der Waals surface area contributed by atoms with Gasteiger partial charge in [0.25, 0.3) is 0 Å². The number of aryl methyl sites for hydroxylation is 2. The molecule has 0 fully saturated rings. The normalized spacial score (nSPS) is 12.6. The predicted octanol–water partition coefficient (Wildman–Crippen LogP) is 1.74. The number of rotatable bonds is 6. The molecule has 3 N–H and O–H groups in total. The van der Waals surface area contributed by atoms with Crippen LogP contribution < -0.4 is 11.3 Å². The largest absolute Gasteiger partial charge is 0.335 e. The van der Waals surface area contributed by atoms with Gasteiger partial charge in [0.15, 0.2) is 0 Å². The summed E-state index contributed by atoms with van der Waals surface area (Å²) in [4.78, 5) is 8.80. The molecule has 0 radical (unpaired) electrons. The third-order valence-corrected chi connectivity index (χ3v) is 3.15. The van der Waals surface area contributed by atoms with Gasteiger partial charge in [-0.15, -0.1) is 0 Å². The zero-order chi connectivity index (χ0) is 13.7. The summed E-state index contributed by atoms with van der Waals surface area (Å²) < 4.78 is 2.17. The number of hydrogen-bond acceptors (Lipinski definition) is 4. The maximum absolute atomic E-state index is 5.67. The van der Waals surface area contributed by atoms with Gasteiger partial charge in [0.05, 0.1) is 11.7 Å². The molecule has 2 aromatic rings. The number of hydrazine groups is 1. The number of hydrogen-bond donors (Lipinski definition) is 2. The molecule has 1 unspecified atom stereocenters. The van der Waals surface area contributed by atoms with Gasteiger partial charge < -0.3 is 4.57 Å². The summed E-state index contributed by atoms with van der Waals surface area (Å²) in [6.07, 6.45) is 7.48. The second kappa shape index (κ2) is 6.45. The number of pyridine rings is 1. The van der Waals surface area contributed by atoms with E-state index >= 15 is 0 Å². The molecular formula is C14H21N5. The van der Waals surface area contributed by atoms with Gasteiger partial charge in [-0.05, 0) is 31.0 Å². The van der Waals surface area contributed by atoms with Crippen LogP contribution in [0.2, 0.25) is 0 Å². The minimum Gasteiger partial charge on any atom is -0.335 e. The van der Waals surface area contributed by atoms with E-state index in [1.807, 2.05) is 24.7 Å². The highest BCUT2D eigenvalue weighted by Gasteiger charge is 2.15. The van der Waals surface area contributed by atoms with Gasteiger partial charge >= 0.3 is 0 Å². The Bertz CT molecular complexity index is 520. The van der Waals surface area contributed by atoms with Crippen LogP contribution in [0.25, 0.3) is 0 Å². The van der Waals surface area contributed by atoms with Crippen LogP contribution in [0.15, 0.2) is 30.7 Å². The first kappa shape index (κ1) is 13.7. The fourth-order valence-electron chi connectivity index (χ4n) is 2.16. The van der Waals surface area contributed by atoms with Gasteiger partial charge in [-0.3, -0.25) is 16.3 Å². The number of nitrogens with one attached hydrogen (secondary N) is 1. The van der Waals surface area contributed by atoms with Crippen LogP contribution in [-0.2, 0) is 13.0 Å². The van der Waals surface area contributed by atoms with E-state index < -0.39 is 0 Å². The zero-order valence-electron chi connectivity index (χ0n) is 11.5. The second-order valence-electron chi connectivity index (χ2n) is 4.72. The van der Waals surface area contributed by atoms with Crippen molar-refractivity contribution < 1.29 is 0 Å². The quantitative estimate of drug-likeness (QED) is 0.612. The molecule has 19 heavy (non-hydrogen) atoms. The van der Waals surface area contributed by atoms with E-state index in [2.05, 4.69) is 39.9 Å². The highest BCUT2D eigenvalue weighted by atomic mass is 15.2. The van der Waals surface area contributed by atoms with Crippen LogP contribution in [0.4, 0.5) is 0 Å². The molecule has 2 heterocycles. The van der Waals surface area contributed by atoms with Gasteiger partial charge in [0.2, 0.25) is 0 Å². The van der Waals surface area contributed by atoms with E-state index in [1.165, 1.54) is 5.56 Å². The highest BCUT2D eigenvalue weighted by molar-refractivity contribution is 5.18. The third kappa shape index (κ3) is 3.39. The predicted molar refractivity (Wildman–Crippen MR) is 75.3 cm³/mol. The molecule has 0 bridgehead atoms. The minimum atomic E-state index is -0.0158. The summed E-state index contributed by atoms with van der Waals surface area (Å²) in [5.74, 6) is 6.70. The molecule has 0 amide bonds. The summed E-state index contributed by atoms with van der Waals surface area (Å²) in [5.41, 5.74) is 4.97. The van der Waals surface area contributed by atoms with Gasteiger partial charge in [-0.2, -0.15) is 0 Å². The Morgan fingerprint density at radius 2 is 2.21 bits per heavy atom. The highest BCUT2D eigenvalue weighted by Crippen LogP contribution is 2.16. The van der Waals surface area contributed by atoms with Crippen LogP contribution in [0, 0.1) is 6.92 Å². The first-order valence-electron chi connectivity index (χ1n) is 6.63. The van der Waals surface area contributed by atoms with Crippen molar-refractivity contribution in [2.45, 2.75) is 39.3 Å². The van der Waals surface area contributed by atoms with E-state index in [-0.39, 0.29) is 6.04 Å². The Hall–Kier alpha value is -1.72. The Morgan fingerprint density at radius 3 is 2.89 bits per heavy atom. The molecule has 0 aromatic carbocycles. The van der Waals surface area contributed by atoms with Crippen molar-refractivity contribution in [3.8, 4) is 0 Å². The average molecular weight is 259 g/mol. The zero-order valence-corrected chi connectivity index (χ0v) is 11.5. The SMILES string of the molecule is CCCn1ccnc1CC(NN)c1cc(C)ccn1. The second-order valence-corrected chi connectivity index (χ2v) is 4.72. The molecule has 102 valence electrons. The average Bonchev–Trinajstić information content (AvgIpc) is 2.84. The number of imidazole rings is 1. The van der Waals surface area contributed by atoms with Crippen molar-refractivity contribution >= 4 is 0 Å². The number of nitrogens with zero attached hydrogens (tertiary/aromatic N) is 3. The summed E-state index contributed by atoms with van der Waals surface area (Å²) >= 11 is 0. The molecule has 0 aliphatic rings. The summed E-state index contributed by atoms with van der Waals surface area (Å²) in [6.45, 7) is 5.19.